The van der Waals surface area contributed by atoms with E-state index in [1.807, 2.05) is 24.3 Å². The highest BCUT2D eigenvalue weighted by Gasteiger charge is 2.13. The summed E-state index contributed by atoms with van der Waals surface area (Å²) in [7, 11) is 0. The lowest BCUT2D eigenvalue weighted by atomic mass is 9.99. The van der Waals surface area contributed by atoms with Crippen LogP contribution >= 0.6 is 11.6 Å². The molecule has 0 aliphatic carbocycles. The van der Waals surface area contributed by atoms with E-state index >= 15 is 0 Å². The SMILES string of the molecule is CC[C@@H](C)c1ccc(NC(=NCc2ccncc2)NC(=O)c2ccccc2Cl)cc1. The maximum atomic E-state index is 12.7. The number of aromatic nitrogens is 1. The van der Waals surface area contributed by atoms with Crippen molar-refractivity contribution in [3.05, 3.63) is 94.8 Å². The number of amides is 1. The number of carbonyl (C=O) groups excluding carboxylic acids is 1. The first kappa shape index (κ1) is 21.5. The van der Waals surface area contributed by atoms with Crippen LogP contribution in [0.1, 0.15) is 47.7 Å². The number of benzene rings is 2. The summed E-state index contributed by atoms with van der Waals surface area (Å²) in [6, 6.07) is 18.9. The number of anilines is 1. The van der Waals surface area contributed by atoms with Gasteiger partial charge >= 0.3 is 0 Å². The van der Waals surface area contributed by atoms with Crippen molar-refractivity contribution in [1.29, 1.82) is 0 Å². The molecule has 0 aliphatic rings. The lowest BCUT2D eigenvalue weighted by Gasteiger charge is -2.14. The van der Waals surface area contributed by atoms with Crippen LogP contribution in [-0.4, -0.2) is 16.9 Å². The number of hydrogen-bond acceptors (Lipinski definition) is 3. The lowest BCUT2D eigenvalue weighted by molar-refractivity contribution is 0.0977. The van der Waals surface area contributed by atoms with E-state index in [0.717, 1.165) is 17.7 Å². The summed E-state index contributed by atoms with van der Waals surface area (Å²) in [6.07, 6.45) is 4.51. The molecule has 1 aromatic heterocycles. The van der Waals surface area contributed by atoms with Crippen molar-refractivity contribution in [2.75, 3.05) is 5.32 Å². The summed E-state index contributed by atoms with van der Waals surface area (Å²) < 4.78 is 0. The van der Waals surface area contributed by atoms with Crippen LogP contribution < -0.4 is 10.6 Å². The summed E-state index contributed by atoms with van der Waals surface area (Å²) in [4.78, 5) is 21.3. The van der Waals surface area contributed by atoms with Crippen molar-refractivity contribution < 1.29 is 4.79 Å². The van der Waals surface area contributed by atoms with Crippen molar-refractivity contribution in [3.63, 3.8) is 0 Å². The third-order valence-corrected chi connectivity index (χ3v) is 5.20. The summed E-state index contributed by atoms with van der Waals surface area (Å²) in [5.74, 6) is 0.532. The second-order valence-electron chi connectivity index (χ2n) is 7.01. The zero-order valence-corrected chi connectivity index (χ0v) is 17.9. The van der Waals surface area contributed by atoms with Crippen molar-refractivity contribution in [2.45, 2.75) is 32.7 Å². The first-order valence-corrected chi connectivity index (χ1v) is 10.3. The highest BCUT2D eigenvalue weighted by Crippen LogP contribution is 2.20. The Morgan fingerprint density at radius 1 is 1.07 bits per heavy atom. The molecule has 6 heteroatoms. The number of carbonyl (C=O) groups is 1. The van der Waals surface area contributed by atoms with Crippen molar-refractivity contribution in [3.8, 4) is 0 Å². The molecule has 0 unspecified atom stereocenters. The van der Waals surface area contributed by atoms with E-state index in [1.165, 1.54) is 5.56 Å². The average molecular weight is 421 g/mol. The molecule has 2 N–H and O–H groups in total. The van der Waals surface area contributed by atoms with Gasteiger partial charge in [0, 0.05) is 18.1 Å². The number of nitrogens with zero attached hydrogens (tertiary/aromatic N) is 2. The van der Waals surface area contributed by atoms with E-state index in [2.05, 4.69) is 46.6 Å². The van der Waals surface area contributed by atoms with Gasteiger partial charge in [0.15, 0.2) is 0 Å². The molecule has 3 aromatic rings. The molecule has 3 rings (SSSR count). The Hall–Kier alpha value is -3.18. The van der Waals surface area contributed by atoms with Crippen LogP contribution in [0.3, 0.4) is 0 Å². The maximum absolute atomic E-state index is 12.7. The predicted octanol–water partition coefficient (Wildman–Crippen LogP) is 5.65. The van der Waals surface area contributed by atoms with Gasteiger partial charge in [0.1, 0.15) is 0 Å². The van der Waals surface area contributed by atoms with Gasteiger partial charge in [-0.25, -0.2) is 4.99 Å². The van der Waals surface area contributed by atoms with Crippen LogP contribution in [0.4, 0.5) is 5.69 Å². The van der Waals surface area contributed by atoms with Gasteiger partial charge < -0.3 is 5.32 Å². The number of aliphatic imine (C=N–C) groups is 1. The van der Waals surface area contributed by atoms with Gasteiger partial charge in [0.05, 0.1) is 17.1 Å². The number of guanidine groups is 1. The van der Waals surface area contributed by atoms with Crippen molar-refractivity contribution in [1.82, 2.24) is 10.3 Å². The topological polar surface area (TPSA) is 66.4 Å². The summed E-state index contributed by atoms with van der Waals surface area (Å²) in [5, 5.41) is 6.44. The minimum atomic E-state index is -0.321. The molecule has 0 radical (unpaired) electrons. The Morgan fingerprint density at radius 3 is 2.43 bits per heavy atom. The summed E-state index contributed by atoms with van der Waals surface area (Å²) >= 11 is 6.17. The second kappa shape index (κ2) is 10.6. The fraction of sp³-hybridized carbons (Fsp3) is 0.208. The van der Waals surface area contributed by atoms with Gasteiger partial charge in [-0.2, -0.15) is 0 Å². The Bertz CT molecular complexity index is 1000. The smallest absolute Gasteiger partial charge is 0.259 e. The third kappa shape index (κ3) is 5.91. The molecular weight excluding hydrogens is 396 g/mol. The molecule has 1 atom stereocenters. The third-order valence-electron chi connectivity index (χ3n) is 4.87. The first-order valence-electron chi connectivity index (χ1n) is 9.93. The lowest BCUT2D eigenvalue weighted by Crippen LogP contribution is -2.36. The Balaban J connectivity index is 1.80. The van der Waals surface area contributed by atoms with E-state index in [9.17, 15) is 4.79 Å². The fourth-order valence-electron chi connectivity index (χ4n) is 2.86. The quantitative estimate of drug-likeness (QED) is 0.400. The van der Waals surface area contributed by atoms with Gasteiger partial charge in [0.25, 0.3) is 5.91 Å². The van der Waals surface area contributed by atoms with Crippen LogP contribution in [0.15, 0.2) is 78.0 Å². The Kier molecular flexibility index (Phi) is 7.57. The monoisotopic (exact) mass is 420 g/mol. The van der Waals surface area contributed by atoms with E-state index < -0.39 is 0 Å². The van der Waals surface area contributed by atoms with Gasteiger partial charge in [0.2, 0.25) is 5.96 Å². The Labute approximate surface area is 182 Å². The number of hydrogen-bond donors (Lipinski definition) is 2. The molecule has 1 heterocycles. The van der Waals surface area contributed by atoms with Crippen molar-refractivity contribution in [2.24, 2.45) is 4.99 Å². The van der Waals surface area contributed by atoms with Gasteiger partial charge in [-0.15, -0.1) is 0 Å². The minimum absolute atomic E-state index is 0.321. The van der Waals surface area contributed by atoms with E-state index in [-0.39, 0.29) is 5.91 Å². The van der Waals surface area contributed by atoms with Crippen LogP contribution in [0.2, 0.25) is 5.02 Å². The molecule has 154 valence electrons. The van der Waals surface area contributed by atoms with E-state index in [0.29, 0.717) is 29.0 Å². The zero-order valence-electron chi connectivity index (χ0n) is 17.1. The highest BCUT2D eigenvalue weighted by molar-refractivity contribution is 6.34. The number of nitrogens with one attached hydrogen (secondary N) is 2. The molecule has 0 saturated heterocycles. The molecule has 5 nitrogen and oxygen atoms in total. The largest absolute Gasteiger partial charge is 0.326 e. The minimum Gasteiger partial charge on any atom is -0.326 e. The van der Waals surface area contributed by atoms with Crippen LogP contribution in [0.5, 0.6) is 0 Å². The average Bonchev–Trinajstić information content (AvgIpc) is 2.78. The second-order valence-corrected chi connectivity index (χ2v) is 7.42. The van der Waals surface area contributed by atoms with Crippen LogP contribution in [-0.2, 0) is 6.54 Å². The summed E-state index contributed by atoms with van der Waals surface area (Å²) in [5.41, 5.74) is 3.50. The van der Waals surface area contributed by atoms with Crippen LogP contribution in [0, 0.1) is 0 Å². The summed E-state index contributed by atoms with van der Waals surface area (Å²) in [6.45, 7) is 4.78. The maximum Gasteiger partial charge on any atom is 0.259 e. The number of pyridine rings is 1. The fourth-order valence-corrected chi connectivity index (χ4v) is 3.08. The van der Waals surface area contributed by atoms with Crippen molar-refractivity contribution >= 4 is 29.2 Å². The van der Waals surface area contributed by atoms with Gasteiger partial charge in [-0.1, -0.05) is 49.7 Å². The number of rotatable bonds is 6. The van der Waals surface area contributed by atoms with Gasteiger partial charge in [-0.3, -0.25) is 15.1 Å². The van der Waals surface area contributed by atoms with Crippen LogP contribution in [0.25, 0.3) is 0 Å². The molecule has 0 saturated carbocycles. The van der Waals surface area contributed by atoms with E-state index in [4.69, 9.17) is 11.6 Å². The van der Waals surface area contributed by atoms with E-state index in [1.54, 1.807) is 36.7 Å². The molecule has 2 aromatic carbocycles. The zero-order chi connectivity index (χ0) is 21.3. The molecular formula is C24H25ClN4O. The standard InChI is InChI=1S/C24H25ClN4O/c1-3-17(2)19-8-10-20(11-9-19)28-24(27-16-18-12-14-26-15-13-18)29-23(30)21-6-4-5-7-22(21)25/h4-15,17H,3,16H2,1-2H3,(H2,27,28,29,30)/t17-/m1/s1. The van der Waals surface area contributed by atoms with Gasteiger partial charge in [-0.05, 0) is 59.9 Å². The molecule has 0 fully saturated rings. The molecule has 0 bridgehead atoms. The normalized spacial score (nSPS) is 12.3. The molecule has 0 aliphatic heterocycles. The molecule has 1 amide bonds. The molecule has 30 heavy (non-hydrogen) atoms. The first-order chi connectivity index (χ1) is 14.6. The molecule has 0 spiro atoms. The Morgan fingerprint density at radius 2 is 1.77 bits per heavy atom. The number of halogens is 1. The predicted molar refractivity (Wildman–Crippen MR) is 123 cm³/mol. The highest BCUT2D eigenvalue weighted by atomic mass is 35.5.